The minimum absolute atomic E-state index is 0. The van der Waals surface area contributed by atoms with Crippen LogP contribution < -0.4 is 0 Å². The summed E-state index contributed by atoms with van der Waals surface area (Å²) < 4.78 is 6.55. The third-order valence-corrected chi connectivity index (χ3v) is 6.08. The summed E-state index contributed by atoms with van der Waals surface area (Å²) in [5.74, 6) is 0.775. The van der Waals surface area contributed by atoms with E-state index < -0.39 is 5.41 Å². The average molecular weight is 657 g/mol. The molecule has 4 aromatic rings. The Balaban J connectivity index is 0.00000324. The third kappa shape index (κ3) is 5.62. The molecule has 3 N–H and O–H groups in total. The SMILES string of the molecule is Br.CC(=O)OCc1cnc(C(Cc2ccc(Br)nc2)(c2ccc(Br)nc2)c2ncc(CO)[nH]2)[nH]1. The second kappa shape index (κ2) is 11.3. The molecule has 0 aliphatic heterocycles. The van der Waals surface area contributed by atoms with E-state index in [2.05, 4.69) is 61.8 Å². The molecule has 1 unspecified atom stereocenters. The molecular formula is C22H21Br3N6O3. The summed E-state index contributed by atoms with van der Waals surface area (Å²) in [6.07, 6.45) is 7.21. The average Bonchev–Trinajstić information content (AvgIpc) is 3.48. The lowest BCUT2D eigenvalue weighted by Crippen LogP contribution is -2.35. The largest absolute Gasteiger partial charge is 0.459 e. The number of hydrogen-bond acceptors (Lipinski definition) is 7. The minimum atomic E-state index is -0.925. The highest BCUT2D eigenvalue weighted by Gasteiger charge is 2.42. The van der Waals surface area contributed by atoms with Gasteiger partial charge in [0.25, 0.3) is 0 Å². The topological polar surface area (TPSA) is 130 Å². The maximum Gasteiger partial charge on any atom is 0.303 e. The van der Waals surface area contributed by atoms with Gasteiger partial charge in [0.1, 0.15) is 32.9 Å². The van der Waals surface area contributed by atoms with Crippen molar-refractivity contribution in [1.82, 2.24) is 29.9 Å². The molecule has 0 bridgehead atoms. The smallest absolute Gasteiger partial charge is 0.303 e. The monoisotopic (exact) mass is 654 g/mol. The Hall–Kier alpha value is -2.41. The van der Waals surface area contributed by atoms with Crippen molar-refractivity contribution in [3.05, 3.63) is 92.4 Å². The summed E-state index contributed by atoms with van der Waals surface area (Å²) in [5, 5.41) is 9.66. The molecule has 34 heavy (non-hydrogen) atoms. The van der Waals surface area contributed by atoms with Crippen molar-refractivity contribution in [2.24, 2.45) is 0 Å². The van der Waals surface area contributed by atoms with Gasteiger partial charge >= 0.3 is 5.97 Å². The molecule has 9 nitrogen and oxygen atoms in total. The van der Waals surface area contributed by atoms with Crippen molar-refractivity contribution in [2.75, 3.05) is 0 Å². The van der Waals surface area contributed by atoms with Crippen molar-refractivity contribution in [2.45, 2.75) is 32.0 Å². The second-order valence-corrected chi connectivity index (χ2v) is 9.02. The van der Waals surface area contributed by atoms with Gasteiger partial charge in [-0.2, -0.15) is 0 Å². The summed E-state index contributed by atoms with van der Waals surface area (Å²) in [7, 11) is 0. The number of aromatic nitrogens is 6. The summed E-state index contributed by atoms with van der Waals surface area (Å²) in [5.41, 5.74) is 2.03. The van der Waals surface area contributed by atoms with Gasteiger partial charge in [0, 0.05) is 19.3 Å². The lowest BCUT2D eigenvalue weighted by Gasteiger charge is -2.31. The molecule has 12 heteroatoms. The molecule has 0 spiro atoms. The lowest BCUT2D eigenvalue weighted by molar-refractivity contribution is -0.142. The number of carbonyl (C=O) groups excluding carboxylic acids is 1. The molecular weight excluding hydrogens is 636 g/mol. The molecule has 4 heterocycles. The van der Waals surface area contributed by atoms with E-state index in [1.54, 1.807) is 24.8 Å². The molecule has 0 fully saturated rings. The van der Waals surface area contributed by atoms with Crippen LogP contribution in [0.25, 0.3) is 0 Å². The number of imidazole rings is 2. The van der Waals surface area contributed by atoms with E-state index in [-0.39, 0.29) is 36.2 Å². The standard InChI is InChI=1S/C22H20Br2N6O3.BrH/c1-13(32)33-12-17-10-28-21(30-17)22(15-3-5-19(24)26-8-15,20-27-9-16(11-31)29-20)6-14-2-4-18(23)25-7-14;/h2-5,7-10,31H,6,11-12H2,1H3,(H,27,29)(H,28,30);1H. The number of H-pyrrole nitrogens is 2. The molecule has 0 aliphatic carbocycles. The number of aromatic amines is 2. The number of aliphatic hydroxyl groups excluding tert-OH is 1. The number of nitrogens with zero attached hydrogens (tertiary/aromatic N) is 4. The highest BCUT2D eigenvalue weighted by molar-refractivity contribution is 9.10. The number of nitrogens with one attached hydrogen (secondary N) is 2. The summed E-state index contributed by atoms with van der Waals surface area (Å²) in [4.78, 5) is 35.9. The fraction of sp³-hybridized carbons (Fsp3) is 0.227. The Kier molecular flexibility index (Phi) is 8.74. The van der Waals surface area contributed by atoms with Crippen LogP contribution >= 0.6 is 48.8 Å². The lowest BCUT2D eigenvalue weighted by atomic mass is 9.74. The molecule has 0 amide bonds. The van der Waals surface area contributed by atoms with Crippen LogP contribution in [-0.2, 0) is 34.6 Å². The van der Waals surface area contributed by atoms with Crippen LogP contribution in [0.1, 0.15) is 41.1 Å². The molecule has 178 valence electrons. The van der Waals surface area contributed by atoms with E-state index in [9.17, 15) is 9.90 Å². The van der Waals surface area contributed by atoms with Crippen molar-refractivity contribution in [3.63, 3.8) is 0 Å². The first-order valence-electron chi connectivity index (χ1n) is 9.96. The molecule has 4 rings (SSSR count). The summed E-state index contributed by atoms with van der Waals surface area (Å²) >= 11 is 6.78. The van der Waals surface area contributed by atoms with Gasteiger partial charge in [-0.05, 0) is 61.5 Å². The van der Waals surface area contributed by atoms with Crippen LogP contribution in [0.5, 0.6) is 0 Å². The van der Waals surface area contributed by atoms with Crippen molar-refractivity contribution in [1.29, 1.82) is 0 Å². The zero-order valence-electron chi connectivity index (χ0n) is 18.0. The van der Waals surface area contributed by atoms with E-state index in [4.69, 9.17) is 4.74 Å². The number of aliphatic hydroxyl groups is 1. The Morgan fingerprint density at radius 1 is 0.941 bits per heavy atom. The van der Waals surface area contributed by atoms with Crippen LogP contribution in [0, 0.1) is 0 Å². The van der Waals surface area contributed by atoms with Gasteiger partial charge in [-0.25, -0.2) is 19.9 Å². The fourth-order valence-electron chi connectivity index (χ4n) is 3.59. The van der Waals surface area contributed by atoms with E-state index in [0.29, 0.717) is 34.1 Å². The predicted molar refractivity (Wildman–Crippen MR) is 136 cm³/mol. The first kappa shape index (κ1) is 26.2. The van der Waals surface area contributed by atoms with Crippen LogP contribution in [0.2, 0.25) is 0 Å². The van der Waals surface area contributed by atoms with Crippen LogP contribution in [0.3, 0.4) is 0 Å². The number of halogens is 3. The van der Waals surface area contributed by atoms with Crippen molar-refractivity contribution < 1.29 is 14.6 Å². The van der Waals surface area contributed by atoms with Gasteiger partial charge < -0.3 is 19.8 Å². The quantitative estimate of drug-likeness (QED) is 0.192. The van der Waals surface area contributed by atoms with Gasteiger partial charge in [0.05, 0.1) is 30.4 Å². The van der Waals surface area contributed by atoms with E-state index in [0.717, 1.165) is 15.7 Å². The molecule has 0 aromatic carbocycles. The van der Waals surface area contributed by atoms with Crippen LogP contribution in [-0.4, -0.2) is 41.0 Å². The molecule has 0 saturated heterocycles. The molecule has 0 aliphatic rings. The zero-order valence-corrected chi connectivity index (χ0v) is 22.8. The fourth-order valence-corrected chi connectivity index (χ4v) is 4.05. The number of hydrogen-bond donors (Lipinski definition) is 3. The number of esters is 1. The second-order valence-electron chi connectivity index (χ2n) is 7.39. The van der Waals surface area contributed by atoms with E-state index in [1.165, 1.54) is 6.92 Å². The maximum atomic E-state index is 11.3. The highest BCUT2D eigenvalue weighted by Crippen LogP contribution is 2.39. The third-order valence-electron chi connectivity index (χ3n) is 5.14. The van der Waals surface area contributed by atoms with Gasteiger partial charge in [-0.3, -0.25) is 4.79 Å². The normalized spacial score (nSPS) is 12.6. The van der Waals surface area contributed by atoms with Crippen molar-refractivity contribution in [3.8, 4) is 0 Å². The van der Waals surface area contributed by atoms with Gasteiger partial charge in [-0.1, -0.05) is 12.1 Å². The predicted octanol–water partition coefficient (Wildman–Crippen LogP) is 4.16. The van der Waals surface area contributed by atoms with Gasteiger partial charge in [0.2, 0.25) is 0 Å². The Labute approximate surface area is 222 Å². The number of carbonyl (C=O) groups is 1. The maximum absolute atomic E-state index is 11.3. The molecule has 4 aromatic heterocycles. The molecule has 0 radical (unpaired) electrons. The highest BCUT2D eigenvalue weighted by atomic mass is 79.9. The Morgan fingerprint density at radius 2 is 1.56 bits per heavy atom. The number of rotatable bonds is 8. The molecule has 0 saturated carbocycles. The van der Waals surface area contributed by atoms with Crippen molar-refractivity contribution >= 4 is 54.8 Å². The number of ether oxygens (including phenoxy) is 1. The van der Waals surface area contributed by atoms with Gasteiger partial charge in [0.15, 0.2) is 0 Å². The Morgan fingerprint density at radius 3 is 2.09 bits per heavy atom. The Bertz CT molecular complexity index is 1240. The van der Waals surface area contributed by atoms with Crippen LogP contribution in [0.15, 0.2) is 58.3 Å². The van der Waals surface area contributed by atoms with E-state index in [1.807, 2.05) is 24.3 Å². The summed E-state index contributed by atoms with van der Waals surface area (Å²) in [6.45, 7) is 1.24. The van der Waals surface area contributed by atoms with E-state index >= 15 is 0 Å². The zero-order chi connectivity index (χ0) is 23.4. The first-order valence-corrected chi connectivity index (χ1v) is 11.5. The summed E-state index contributed by atoms with van der Waals surface area (Å²) in [6, 6.07) is 7.63. The molecule has 1 atom stereocenters. The first-order chi connectivity index (χ1) is 15.9. The minimum Gasteiger partial charge on any atom is -0.459 e. The van der Waals surface area contributed by atoms with Gasteiger partial charge in [-0.15, -0.1) is 17.0 Å². The number of pyridine rings is 2. The van der Waals surface area contributed by atoms with Crippen LogP contribution in [0.4, 0.5) is 0 Å².